The van der Waals surface area contributed by atoms with E-state index in [9.17, 15) is 0 Å². The highest BCUT2D eigenvalue weighted by Crippen LogP contribution is 2.40. The Bertz CT molecular complexity index is 628. The SMILES string of the molecule is CN(c1ncnc2sc3c(c12)CCCC3)C1CCCC1. The number of fused-ring (bicyclic) bond motifs is 3. The average Bonchev–Trinajstić information content (AvgIpc) is 3.13. The third kappa shape index (κ3) is 1.93. The second-order valence-electron chi connectivity index (χ2n) is 6.14. The predicted molar refractivity (Wildman–Crippen MR) is 84.7 cm³/mol. The van der Waals surface area contributed by atoms with Crippen LogP contribution >= 0.6 is 11.3 Å². The molecule has 3 nitrogen and oxygen atoms in total. The van der Waals surface area contributed by atoms with E-state index in [1.807, 2.05) is 11.3 Å². The van der Waals surface area contributed by atoms with Gasteiger partial charge in [-0.15, -0.1) is 11.3 Å². The van der Waals surface area contributed by atoms with Gasteiger partial charge in [-0.05, 0) is 44.1 Å². The van der Waals surface area contributed by atoms with E-state index >= 15 is 0 Å². The first-order chi connectivity index (χ1) is 9.84. The first kappa shape index (κ1) is 12.6. The molecule has 20 heavy (non-hydrogen) atoms. The fraction of sp³-hybridized carbons (Fsp3) is 0.625. The average molecular weight is 287 g/mol. The monoisotopic (exact) mass is 287 g/mol. The minimum atomic E-state index is 0.673. The van der Waals surface area contributed by atoms with Crippen LogP contribution in [-0.4, -0.2) is 23.1 Å². The maximum Gasteiger partial charge on any atom is 0.141 e. The molecule has 0 aliphatic heterocycles. The molecule has 4 rings (SSSR count). The van der Waals surface area contributed by atoms with Gasteiger partial charge in [-0.3, -0.25) is 0 Å². The Morgan fingerprint density at radius 1 is 1.10 bits per heavy atom. The van der Waals surface area contributed by atoms with Crippen molar-refractivity contribution in [2.75, 3.05) is 11.9 Å². The Labute approximate surface area is 124 Å². The van der Waals surface area contributed by atoms with Crippen LogP contribution in [0.15, 0.2) is 6.33 Å². The molecule has 0 N–H and O–H groups in total. The normalized spacial score (nSPS) is 19.4. The summed E-state index contributed by atoms with van der Waals surface area (Å²) in [5.74, 6) is 1.18. The lowest BCUT2D eigenvalue weighted by Gasteiger charge is -2.26. The van der Waals surface area contributed by atoms with Crippen LogP contribution in [0.25, 0.3) is 10.2 Å². The fourth-order valence-corrected chi connectivity index (χ4v) is 5.03. The predicted octanol–water partition coefficient (Wildman–Crippen LogP) is 3.95. The lowest BCUT2D eigenvalue weighted by Crippen LogP contribution is -2.29. The van der Waals surface area contributed by atoms with Gasteiger partial charge in [0.2, 0.25) is 0 Å². The Morgan fingerprint density at radius 2 is 1.90 bits per heavy atom. The molecule has 0 radical (unpaired) electrons. The van der Waals surface area contributed by atoms with E-state index in [2.05, 4.69) is 21.9 Å². The largest absolute Gasteiger partial charge is 0.356 e. The molecule has 2 aromatic heterocycles. The van der Waals surface area contributed by atoms with Crippen LogP contribution in [0.3, 0.4) is 0 Å². The van der Waals surface area contributed by atoms with Crippen molar-refractivity contribution < 1.29 is 0 Å². The van der Waals surface area contributed by atoms with Crippen LogP contribution in [-0.2, 0) is 12.8 Å². The van der Waals surface area contributed by atoms with Gasteiger partial charge in [-0.1, -0.05) is 12.8 Å². The standard InChI is InChI=1S/C16H21N3S/c1-19(11-6-2-3-7-11)15-14-12-8-4-5-9-13(12)20-16(14)18-10-17-15/h10-11H,2-9H2,1H3. The molecular weight excluding hydrogens is 266 g/mol. The minimum absolute atomic E-state index is 0.673. The summed E-state index contributed by atoms with van der Waals surface area (Å²) in [7, 11) is 2.23. The van der Waals surface area contributed by atoms with Gasteiger partial charge in [0.15, 0.2) is 0 Å². The van der Waals surface area contributed by atoms with E-state index in [0.717, 1.165) is 0 Å². The molecule has 0 unspecified atom stereocenters. The van der Waals surface area contributed by atoms with Gasteiger partial charge in [-0.2, -0.15) is 0 Å². The highest BCUT2D eigenvalue weighted by Gasteiger charge is 2.25. The first-order valence-corrected chi connectivity index (χ1v) is 8.64. The van der Waals surface area contributed by atoms with Gasteiger partial charge in [0.25, 0.3) is 0 Å². The maximum absolute atomic E-state index is 4.65. The zero-order chi connectivity index (χ0) is 13.5. The van der Waals surface area contributed by atoms with Gasteiger partial charge >= 0.3 is 0 Å². The quantitative estimate of drug-likeness (QED) is 0.837. The van der Waals surface area contributed by atoms with Crippen molar-refractivity contribution >= 4 is 27.4 Å². The molecule has 2 heterocycles. The summed E-state index contributed by atoms with van der Waals surface area (Å²) in [6.07, 6.45) is 12.2. The molecule has 0 bridgehead atoms. The summed E-state index contributed by atoms with van der Waals surface area (Å²) in [6.45, 7) is 0. The van der Waals surface area contributed by atoms with E-state index in [1.165, 1.54) is 67.4 Å². The number of aryl methyl sites for hydroxylation is 2. The van der Waals surface area contributed by atoms with Gasteiger partial charge in [-0.25, -0.2) is 9.97 Å². The van der Waals surface area contributed by atoms with E-state index in [0.29, 0.717) is 6.04 Å². The molecule has 2 aromatic rings. The molecule has 0 atom stereocenters. The molecule has 1 saturated carbocycles. The molecule has 1 fully saturated rings. The van der Waals surface area contributed by atoms with Crippen LogP contribution in [0, 0.1) is 0 Å². The van der Waals surface area contributed by atoms with Crippen molar-refractivity contribution in [3.8, 4) is 0 Å². The summed E-state index contributed by atoms with van der Waals surface area (Å²) in [5.41, 5.74) is 1.55. The summed E-state index contributed by atoms with van der Waals surface area (Å²) in [4.78, 5) is 14.4. The second-order valence-corrected chi connectivity index (χ2v) is 7.22. The number of hydrogen-bond acceptors (Lipinski definition) is 4. The summed E-state index contributed by atoms with van der Waals surface area (Å²) < 4.78 is 0. The lowest BCUT2D eigenvalue weighted by molar-refractivity contribution is 0.647. The third-order valence-electron chi connectivity index (χ3n) is 4.94. The van der Waals surface area contributed by atoms with Crippen molar-refractivity contribution in [2.45, 2.75) is 57.4 Å². The van der Waals surface area contributed by atoms with E-state index in [-0.39, 0.29) is 0 Å². The van der Waals surface area contributed by atoms with Gasteiger partial charge in [0, 0.05) is 18.0 Å². The molecule has 106 valence electrons. The second kappa shape index (κ2) is 4.99. The van der Waals surface area contributed by atoms with E-state index < -0.39 is 0 Å². The Morgan fingerprint density at radius 3 is 2.75 bits per heavy atom. The van der Waals surface area contributed by atoms with Gasteiger partial charge in [0.1, 0.15) is 17.0 Å². The van der Waals surface area contributed by atoms with Gasteiger partial charge in [0.05, 0.1) is 5.39 Å². The molecule has 2 aliphatic rings. The van der Waals surface area contributed by atoms with E-state index in [1.54, 1.807) is 16.8 Å². The maximum atomic E-state index is 4.65. The van der Waals surface area contributed by atoms with Crippen LogP contribution < -0.4 is 4.90 Å². The highest BCUT2D eigenvalue weighted by atomic mass is 32.1. The summed E-state index contributed by atoms with van der Waals surface area (Å²) in [6, 6.07) is 0.673. The topological polar surface area (TPSA) is 29.0 Å². The van der Waals surface area contributed by atoms with Crippen LogP contribution in [0.1, 0.15) is 49.0 Å². The van der Waals surface area contributed by atoms with Crippen LogP contribution in [0.2, 0.25) is 0 Å². The fourth-order valence-electron chi connectivity index (χ4n) is 3.81. The highest BCUT2D eigenvalue weighted by molar-refractivity contribution is 7.19. The molecule has 4 heteroatoms. The number of rotatable bonds is 2. The minimum Gasteiger partial charge on any atom is -0.356 e. The molecule has 0 spiro atoms. The Kier molecular flexibility index (Phi) is 3.14. The number of aromatic nitrogens is 2. The molecular formula is C16H21N3S. The zero-order valence-corrected chi connectivity index (χ0v) is 12.9. The number of anilines is 1. The number of nitrogens with zero attached hydrogens (tertiary/aromatic N) is 3. The third-order valence-corrected chi connectivity index (χ3v) is 6.14. The molecule has 0 aromatic carbocycles. The molecule has 0 amide bonds. The zero-order valence-electron chi connectivity index (χ0n) is 12.1. The Balaban J connectivity index is 1.84. The van der Waals surface area contributed by atoms with Crippen molar-refractivity contribution in [1.29, 1.82) is 0 Å². The van der Waals surface area contributed by atoms with Crippen LogP contribution in [0.5, 0.6) is 0 Å². The molecule has 0 saturated heterocycles. The Hall–Kier alpha value is -1.16. The first-order valence-electron chi connectivity index (χ1n) is 7.82. The van der Waals surface area contributed by atoms with Crippen LogP contribution in [0.4, 0.5) is 5.82 Å². The summed E-state index contributed by atoms with van der Waals surface area (Å²) >= 11 is 1.90. The van der Waals surface area contributed by atoms with Crippen molar-refractivity contribution in [1.82, 2.24) is 9.97 Å². The number of thiophene rings is 1. The van der Waals surface area contributed by atoms with Crippen molar-refractivity contribution in [2.24, 2.45) is 0 Å². The molecule has 2 aliphatic carbocycles. The van der Waals surface area contributed by atoms with Crippen molar-refractivity contribution in [3.63, 3.8) is 0 Å². The number of hydrogen-bond donors (Lipinski definition) is 0. The van der Waals surface area contributed by atoms with Gasteiger partial charge < -0.3 is 4.90 Å². The summed E-state index contributed by atoms with van der Waals surface area (Å²) in [5, 5.41) is 1.36. The van der Waals surface area contributed by atoms with Crippen molar-refractivity contribution in [3.05, 3.63) is 16.8 Å². The smallest absolute Gasteiger partial charge is 0.141 e. The lowest BCUT2D eigenvalue weighted by atomic mass is 9.97. The van der Waals surface area contributed by atoms with E-state index in [4.69, 9.17) is 0 Å².